The van der Waals surface area contributed by atoms with Crippen LogP contribution in [0.4, 0.5) is 0 Å². The first-order valence-electron chi connectivity index (χ1n) is 4.41. The molecular weight excluding hydrogens is 210 g/mol. The topological polar surface area (TPSA) is 35.2 Å². The van der Waals surface area contributed by atoms with Crippen LogP contribution in [0.5, 0.6) is 5.75 Å². The van der Waals surface area contributed by atoms with Gasteiger partial charge in [-0.25, -0.2) is 0 Å². The molecule has 1 aliphatic rings. The molecule has 0 spiro atoms. The minimum atomic E-state index is 0.475. The van der Waals surface area contributed by atoms with Crippen LogP contribution >= 0.6 is 11.6 Å². The van der Waals surface area contributed by atoms with Crippen molar-refractivity contribution >= 4 is 17.2 Å². The lowest BCUT2D eigenvalue weighted by atomic mass is 10.00. The molecule has 2 N–H and O–H groups in total. The summed E-state index contributed by atoms with van der Waals surface area (Å²) in [6, 6.07) is 5.35. The van der Waals surface area contributed by atoms with Crippen molar-refractivity contribution in [2.45, 2.75) is 0 Å². The van der Waals surface area contributed by atoms with E-state index in [-0.39, 0.29) is 0 Å². The number of allylic oxidation sites excluding steroid dienone is 2. The fourth-order valence-corrected chi connectivity index (χ4v) is 1.65. The second kappa shape index (κ2) is 3.48. The summed E-state index contributed by atoms with van der Waals surface area (Å²) in [4.78, 5) is 0. The Bertz CT molecular complexity index is 488. The summed E-state index contributed by atoms with van der Waals surface area (Å²) in [5.74, 6) is 1.25. The Labute approximate surface area is 93.3 Å². The number of nitrogens with two attached hydrogens (primary N) is 1. The molecule has 1 heterocycles. The Morgan fingerprint density at radius 3 is 2.80 bits per heavy atom. The monoisotopic (exact) mass is 219 g/mol. The number of rotatable bonds is 1. The van der Waals surface area contributed by atoms with Crippen molar-refractivity contribution in [3.8, 4) is 5.75 Å². The van der Waals surface area contributed by atoms with Crippen LogP contribution in [0.15, 0.2) is 48.9 Å². The zero-order chi connectivity index (χ0) is 11.0. The minimum absolute atomic E-state index is 0.475. The summed E-state index contributed by atoms with van der Waals surface area (Å²) in [6.45, 7) is 7.45. The maximum absolute atomic E-state index is 5.91. The van der Waals surface area contributed by atoms with Crippen molar-refractivity contribution in [2.75, 3.05) is 0 Å². The first-order chi connectivity index (χ1) is 7.08. The minimum Gasteiger partial charge on any atom is -0.457 e. The maximum Gasteiger partial charge on any atom is 0.135 e. The highest BCUT2D eigenvalue weighted by Crippen LogP contribution is 2.36. The van der Waals surface area contributed by atoms with Crippen LogP contribution in [0.1, 0.15) is 5.56 Å². The Hall–Kier alpha value is -1.67. The van der Waals surface area contributed by atoms with E-state index in [1.807, 2.05) is 0 Å². The zero-order valence-electron chi connectivity index (χ0n) is 8.09. The molecule has 0 aromatic heterocycles. The van der Waals surface area contributed by atoms with Gasteiger partial charge in [0, 0.05) is 21.9 Å². The van der Waals surface area contributed by atoms with Gasteiger partial charge in [-0.05, 0) is 24.3 Å². The first-order valence-corrected chi connectivity index (χ1v) is 4.79. The molecule has 0 saturated carbocycles. The SMILES string of the molecule is C=C1C=C(C(=C)N)c2cc(Cl)ccc2O1. The molecule has 2 nitrogen and oxygen atoms in total. The fourth-order valence-electron chi connectivity index (χ4n) is 1.48. The standard InChI is InChI=1S/C12H10ClNO/c1-7-5-10(8(2)14)11-6-9(13)3-4-12(11)15-7/h3-6H,1-2,14H2. The third-order valence-corrected chi connectivity index (χ3v) is 2.36. The van der Waals surface area contributed by atoms with E-state index >= 15 is 0 Å². The second-order valence-electron chi connectivity index (χ2n) is 3.29. The van der Waals surface area contributed by atoms with Gasteiger partial charge >= 0.3 is 0 Å². The molecule has 0 bridgehead atoms. The third-order valence-electron chi connectivity index (χ3n) is 2.12. The van der Waals surface area contributed by atoms with Crippen molar-refractivity contribution in [3.05, 3.63) is 59.5 Å². The lowest BCUT2D eigenvalue weighted by molar-refractivity contribution is 0.441. The Morgan fingerprint density at radius 1 is 1.40 bits per heavy atom. The van der Waals surface area contributed by atoms with Gasteiger partial charge in [0.05, 0.1) is 0 Å². The van der Waals surface area contributed by atoms with Gasteiger partial charge in [-0.3, -0.25) is 0 Å². The van der Waals surface area contributed by atoms with Crippen molar-refractivity contribution in [3.63, 3.8) is 0 Å². The highest BCUT2D eigenvalue weighted by molar-refractivity contribution is 6.30. The van der Waals surface area contributed by atoms with Crippen LogP contribution in [-0.2, 0) is 0 Å². The van der Waals surface area contributed by atoms with Crippen LogP contribution in [0.25, 0.3) is 5.57 Å². The van der Waals surface area contributed by atoms with Crippen LogP contribution in [0.2, 0.25) is 5.02 Å². The van der Waals surface area contributed by atoms with E-state index in [1.165, 1.54) is 0 Å². The number of benzene rings is 1. The van der Waals surface area contributed by atoms with Crippen LogP contribution in [-0.4, -0.2) is 0 Å². The van der Waals surface area contributed by atoms with Gasteiger partial charge in [0.1, 0.15) is 11.5 Å². The lowest BCUT2D eigenvalue weighted by Crippen LogP contribution is -2.07. The van der Waals surface area contributed by atoms with E-state index in [9.17, 15) is 0 Å². The van der Waals surface area contributed by atoms with E-state index in [0.29, 0.717) is 22.2 Å². The summed E-state index contributed by atoms with van der Waals surface area (Å²) in [7, 11) is 0. The predicted molar refractivity (Wildman–Crippen MR) is 62.5 cm³/mol. The smallest absolute Gasteiger partial charge is 0.135 e. The van der Waals surface area contributed by atoms with Crippen molar-refractivity contribution in [1.82, 2.24) is 0 Å². The molecule has 76 valence electrons. The number of hydrogen-bond acceptors (Lipinski definition) is 2. The number of fused-ring (bicyclic) bond motifs is 1. The molecule has 1 aromatic rings. The number of halogens is 1. The largest absolute Gasteiger partial charge is 0.457 e. The number of ether oxygens (including phenoxy) is 1. The van der Waals surface area contributed by atoms with E-state index in [1.54, 1.807) is 24.3 Å². The van der Waals surface area contributed by atoms with Gasteiger partial charge in [-0.15, -0.1) is 0 Å². The summed E-state index contributed by atoms with van der Waals surface area (Å²) >= 11 is 5.91. The molecule has 2 rings (SSSR count). The molecule has 0 aliphatic carbocycles. The molecule has 0 radical (unpaired) electrons. The summed E-state index contributed by atoms with van der Waals surface area (Å²) < 4.78 is 5.44. The normalized spacial score (nSPS) is 13.9. The molecule has 1 aromatic carbocycles. The summed E-state index contributed by atoms with van der Waals surface area (Å²) in [5, 5.41) is 0.636. The molecule has 3 heteroatoms. The van der Waals surface area contributed by atoms with Crippen LogP contribution < -0.4 is 10.5 Å². The van der Waals surface area contributed by atoms with Gasteiger partial charge in [0.15, 0.2) is 0 Å². The van der Waals surface area contributed by atoms with Crippen molar-refractivity contribution in [1.29, 1.82) is 0 Å². The molecule has 0 atom stereocenters. The van der Waals surface area contributed by atoms with Gasteiger partial charge in [-0.1, -0.05) is 24.8 Å². The first kappa shape index (κ1) is 9.87. The average molecular weight is 220 g/mol. The van der Waals surface area contributed by atoms with E-state index in [2.05, 4.69) is 13.2 Å². The quantitative estimate of drug-likeness (QED) is 0.788. The van der Waals surface area contributed by atoms with Gasteiger partial charge in [0.2, 0.25) is 0 Å². The summed E-state index contributed by atoms with van der Waals surface area (Å²) in [6.07, 6.45) is 1.75. The van der Waals surface area contributed by atoms with E-state index < -0.39 is 0 Å². The predicted octanol–water partition coefficient (Wildman–Crippen LogP) is 3.10. The molecule has 0 unspecified atom stereocenters. The zero-order valence-corrected chi connectivity index (χ0v) is 8.84. The van der Waals surface area contributed by atoms with Crippen LogP contribution in [0.3, 0.4) is 0 Å². The van der Waals surface area contributed by atoms with Gasteiger partial charge in [0.25, 0.3) is 0 Å². The Balaban J connectivity index is 2.63. The fraction of sp³-hybridized carbons (Fsp3) is 0. The molecular formula is C12H10ClNO. The Morgan fingerprint density at radius 2 is 2.13 bits per heavy atom. The Kier molecular flexibility index (Phi) is 2.29. The highest BCUT2D eigenvalue weighted by atomic mass is 35.5. The molecule has 0 amide bonds. The second-order valence-corrected chi connectivity index (χ2v) is 3.73. The molecule has 1 aliphatic heterocycles. The lowest BCUT2D eigenvalue weighted by Gasteiger charge is -2.19. The molecule has 0 saturated heterocycles. The third kappa shape index (κ3) is 1.76. The number of hydrogen-bond donors (Lipinski definition) is 1. The van der Waals surface area contributed by atoms with Gasteiger partial charge < -0.3 is 10.5 Å². The molecule has 0 fully saturated rings. The van der Waals surface area contributed by atoms with E-state index in [4.69, 9.17) is 22.1 Å². The highest BCUT2D eigenvalue weighted by Gasteiger charge is 2.17. The van der Waals surface area contributed by atoms with Gasteiger partial charge in [-0.2, -0.15) is 0 Å². The van der Waals surface area contributed by atoms with E-state index in [0.717, 1.165) is 11.1 Å². The van der Waals surface area contributed by atoms with Crippen molar-refractivity contribution in [2.24, 2.45) is 5.73 Å². The summed E-state index contributed by atoms with van der Waals surface area (Å²) in [5.41, 5.74) is 7.83. The molecule has 15 heavy (non-hydrogen) atoms. The maximum atomic E-state index is 5.91. The van der Waals surface area contributed by atoms with Crippen molar-refractivity contribution < 1.29 is 4.74 Å². The van der Waals surface area contributed by atoms with Crippen LogP contribution in [0, 0.1) is 0 Å². The average Bonchev–Trinajstić information content (AvgIpc) is 2.17.